The third kappa shape index (κ3) is 3.04. The molecule has 0 fully saturated rings. The molecule has 90 valence electrons. The Bertz CT molecular complexity index is 495. The lowest BCUT2D eigenvalue weighted by molar-refractivity contribution is -0.152. The topological polar surface area (TPSA) is 108 Å². The molecule has 4 N–H and O–H groups in total. The number of carbonyl (C=O) groups is 2. The summed E-state index contributed by atoms with van der Waals surface area (Å²) in [6.45, 7) is 2.85. The fourth-order valence-corrected chi connectivity index (χ4v) is 1.14. The molecule has 0 atom stereocenters. The van der Waals surface area contributed by atoms with Crippen LogP contribution in [0.2, 0.25) is 0 Å². The normalized spacial score (nSPS) is 11.1. The molecule has 6 nitrogen and oxygen atoms in total. The molecular formula is C11H13N3O3. The number of anilines is 1. The number of rotatable bonds is 3. The lowest BCUT2D eigenvalue weighted by Crippen LogP contribution is -2.19. The third-order valence-electron chi connectivity index (χ3n) is 2.17. The number of oxime groups is 1. The molecule has 0 saturated heterocycles. The molecule has 0 aliphatic rings. The first-order valence-electron chi connectivity index (χ1n) is 4.84. The number of carbonyl (C=O) groups excluding carboxylic acids is 2. The largest absolute Gasteiger partial charge is 0.400 e. The van der Waals surface area contributed by atoms with Crippen molar-refractivity contribution in [1.29, 1.82) is 0 Å². The lowest BCUT2D eigenvalue weighted by atomic mass is 10.1. The highest BCUT2D eigenvalue weighted by Gasteiger charge is 2.10. The van der Waals surface area contributed by atoms with Crippen LogP contribution in [0.15, 0.2) is 23.4 Å². The van der Waals surface area contributed by atoms with Gasteiger partial charge < -0.3 is 16.3 Å². The molecule has 0 spiro atoms. The third-order valence-corrected chi connectivity index (χ3v) is 2.17. The van der Waals surface area contributed by atoms with Crippen LogP contribution >= 0.6 is 0 Å². The predicted molar refractivity (Wildman–Crippen MR) is 63.1 cm³/mol. The SMILES string of the molecule is CC(=O)C(=O)O/N=C(\N)c1cccc(N)c1C. The van der Waals surface area contributed by atoms with Gasteiger partial charge in [0.25, 0.3) is 0 Å². The van der Waals surface area contributed by atoms with Gasteiger partial charge in [-0.3, -0.25) is 4.79 Å². The molecule has 0 unspecified atom stereocenters. The van der Waals surface area contributed by atoms with E-state index in [0.29, 0.717) is 11.3 Å². The van der Waals surface area contributed by atoms with Crippen LogP contribution < -0.4 is 11.5 Å². The molecule has 6 heteroatoms. The fraction of sp³-hybridized carbons (Fsp3) is 0.182. The number of hydrogen-bond donors (Lipinski definition) is 2. The minimum Gasteiger partial charge on any atom is -0.398 e. The van der Waals surface area contributed by atoms with Gasteiger partial charge >= 0.3 is 5.97 Å². The van der Waals surface area contributed by atoms with E-state index in [1.165, 1.54) is 0 Å². The summed E-state index contributed by atoms with van der Waals surface area (Å²) in [5.74, 6) is -1.82. The molecule has 0 saturated carbocycles. The average Bonchev–Trinajstić information content (AvgIpc) is 2.29. The molecule has 17 heavy (non-hydrogen) atoms. The van der Waals surface area contributed by atoms with Crippen LogP contribution in [0.3, 0.4) is 0 Å². The monoisotopic (exact) mass is 235 g/mol. The van der Waals surface area contributed by atoms with Crippen LogP contribution in [0, 0.1) is 6.92 Å². The number of Topliss-reactive ketones (excluding diaryl/α,β-unsaturated/α-hetero) is 1. The van der Waals surface area contributed by atoms with Gasteiger partial charge in [-0.05, 0) is 18.6 Å². The Morgan fingerprint density at radius 2 is 2.00 bits per heavy atom. The zero-order chi connectivity index (χ0) is 13.0. The maximum Gasteiger partial charge on any atom is 0.400 e. The fourth-order valence-electron chi connectivity index (χ4n) is 1.14. The summed E-state index contributed by atoms with van der Waals surface area (Å²) >= 11 is 0. The highest BCUT2D eigenvalue weighted by Crippen LogP contribution is 2.15. The van der Waals surface area contributed by atoms with E-state index in [4.69, 9.17) is 11.5 Å². The summed E-state index contributed by atoms with van der Waals surface area (Å²) in [4.78, 5) is 25.8. The van der Waals surface area contributed by atoms with Gasteiger partial charge in [0.05, 0.1) is 0 Å². The van der Waals surface area contributed by atoms with Crippen molar-refractivity contribution < 1.29 is 14.4 Å². The number of benzene rings is 1. The van der Waals surface area contributed by atoms with Gasteiger partial charge in [0, 0.05) is 18.2 Å². The number of ketones is 1. The number of nitrogen functional groups attached to an aromatic ring is 1. The average molecular weight is 235 g/mol. The van der Waals surface area contributed by atoms with Gasteiger partial charge in [-0.1, -0.05) is 17.3 Å². The Labute approximate surface area is 98.2 Å². The van der Waals surface area contributed by atoms with Gasteiger partial charge in [-0.15, -0.1) is 0 Å². The molecule has 0 radical (unpaired) electrons. The van der Waals surface area contributed by atoms with Crippen molar-refractivity contribution in [2.24, 2.45) is 10.9 Å². The highest BCUT2D eigenvalue weighted by molar-refractivity contribution is 6.32. The van der Waals surface area contributed by atoms with E-state index in [1.54, 1.807) is 25.1 Å². The Balaban J connectivity index is 2.93. The summed E-state index contributed by atoms with van der Waals surface area (Å²) in [7, 11) is 0. The molecule has 1 rings (SSSR count). The van der Waals surface area contributed by atoms with Crippen molar-refractivity contribution in [2.75, 3.05) is 5.73 Å². The minimum atomic E-state index is -1.06. The van der Waals surface area contributed by atoms with Crippen LogP contribution in [0.5, 0.6) is 0 Å². The van der Waals surface area contributed by atoms with Crippen LogP contribution in [-0.2, 0) is 14.4 Å². The second-order valence-corrected chi connectivity index (χ2v) is 3.43. The Hall–Kier alpha value is -2.37. The first-order chi connectivity index (χ1) is 7.93. The standard InChI is InChI=1S/C11H13N3O3/c1-6-8(4-3-5-9(6)12)10(13)14-17-11(16)7(2)15/h3-5H,12H2,1-2H3,(H2,13,14). The molecule has 0 heterocycles. The lowest BCUT2D eigenvalue weighted by Gasteiger charge is -2.06. The van der Waals surface area contributed by atoms with Gasteiger partial charge in [-0.25, -0.2) is 4.79 Å². The molecule has 1 aromatic carbocycles. The highest BCUT2D eigenvalue weighted by atomic mass is 16.7. The van der Waals surface area contributed by atoms with E-state index in [-0.39, 0.29) is 5.84 Å². The molecule has 0 bridgehead atoms. The van der Waals surface area contributed by atoms with E-state index >= 15 is 0 Å². The van der Waals surface area contributed by atoms with Crippen LogP contribution in [-0.4, -0.2) is 17.6 Å². The summed E-state index contributed by atoms with van der Waals surface area (Å²) in [6, 6.07) is 5.10. The van der Waals surface area contributed by atoms with E-state index in [2.05, 4.69) is 9.99 Å². The van der Waals surface area contributed by atoms with Gasteiger partial charge in [0.15, 0.2) is 5.84 Å². The van der Waals surface area contributed by atoms with Gasteiger partial charge in [0.2, 0.25) is 5.78 Å². The minimum absolute atomic E-state index is 0.00981. The zero-order valence-electron chi connectivity index (χ0n) is 9.56. The van der Waals surface area contributed by atoms with E-state index < -0.39 is 11.8 Å². The Morgan fingerprint density at radius 1 is 1.35 bits per heavy atom. The number of nitrogens with two attached hydrogens (primary N) is 2. The summed E-state index contributed by atoms with van der Waals surface area (Å²) in [5.41, 5.74) is 13.1. The predicted octanol–water partition coefficient (Wildman–Crippen LogP) is 0.330. The molecule has 0 aliphatic carbocycles. The van der Waals surface area contributed by atoms with Gasteiger partial charge in [0.1, 0.15) is 0 Å². The molecule has 0 amide bonds. The zero-order valence-corrected chi connectivity index (χ0v) is 9.56. The molecule has 0 aromatic heterocycles. The van der Waals surface area contributed by atoms with Crippen molar-refractivity contribution in [3.63, 3.8) is 0 Å². The van der Waals surface area contributed by atoms with Crippen molar-refractivity contribution >= 4 is 23.3 Å². The van der Waals surface area contributed by atoms with E-state index in [9.17, 15) is 9.59 Å². The maximum absolute atomic E-state index is 10.9. The van der Waals surface area contributed by atoms with Crippen LogP contribution in [0.4, 0.5) is 5.69 Å². The Morgan fingerprint density at radius 3 is 2.59 bits per heavy atom. The first-order valence-corrected chi connectivity index (χ1v) is 4.84. The van der Waals surface area contributed by atoms with Crippen molar-refractivity contribution in [2.45, 2.75) is 13.8 Å². The number of amidine groups is 1. The second-order valence-electron chi connectivity index (χ2n) is 3.43. The van der Waals surface area contributed by atoms with Crippen molar-refractivity contribution in [3.8, 4) is 0 Å². The molecule has 0 aliphatic heterocycles. The summed E-state index contributed by atoms with van der Waals surface area (Å²) in [5, 5.41) is 3.39. The number of hydrogen-bond acceptors (Lipinski definition) is 5. The molecule has 1 aromatic rings. The van der Waals surface area contributed by atoms with Crippen molar-refractivity contribution in [1.82, 2.24) is 0 Å². The maximum atomic E-state index is 10.9. The summed E-state index contributed by atoms with van der Waals surface area (Å²) in [6.07, 6.45) is 0. The summed E-state index contributed by atoms with van der Waals surface area (Å²) < 4.78 is 0. The van der Waals surface area contributed by atoms with Gasteiger partial charge in [-0.2, -0.15) is 0 Å². The number of nitrogens with zero attached hydrogens (tertiary/aromatic N) is 1. The first kappa shape index (κ1) is 12.7. The second kappa shape index (κ2) is 5.11. The quantitative estimate of drug-likeness (QED) is 0.196. The van der Waals surface area contributed by atoms with Crippen LogP contribution in [0.1, 0.15) is 18.1 Å². The van der Waals surface area contributed by atoms with Crippen LogP contribution in [0.25, 0.3) is 0 Å². The van der Waals surface area contributed by atoms with E-state index in [1.807, 2.05) is 0 Å². The van der Waals surface area contributed by atoms with Crippen molar-refractivity contribution in [3.05, 3.63) is 29.3 Å². The Kier molecular flexibility index (Phi) is 3.82. The van der Waals surface area contributed by atoms with E-state index in [0.717, 1.165) is 12.5 Å². The smallest absolute Gasteiger partial charge is 0.398 e. The molecular weight excluding hydrogens is 222 g/mol.